The van der Waals surface area contributed by atoms with Crippen molar-refractivity contribution in [3.8, 4) is 0 Å². The van der Waals surface area contributed by atoms with Crippen molar-refractivity contribution in [2.75, 3.05) is 0 Å². The molecule has 1 heteroatoms. The normalized spacial score (nSPS) is 36.8. The van der Waals surface area contributed by atoms with E-state index in [1.54, 1.807) is 0 Å². The van der Waals surface area contributed by atoms with Crippen LogP contribution in [-0.4, -0.2) is 11.7 Å². The van der Waals surface area contributed by atoms with Gasteiger partial charge in [-0.3, -0.25) is 0 Å². The first kappa shape index (κ1) is 10.3. The van der Waals surface area contributed by atoms with Crippen LogP contribution in [0.2, 0.25) is 0 Å². The Morgan fingerprint density at radius 1 is 1.31 bits per heavy atom. The van der Waals surface area contributed by atoms with Crippen LogP contribution in [-0.2, 0) is 4.74 Å². The lowest BCUT2D eigenvalue weighted by molar-refractivity contribution is 0.0197. The van der Waals surface area contributed by atoms with E-state index in [2.05, 4.69) is 37.3 Å². The largest absolute Gasteiger partial charge is 0.371 e. The monoisotopic (exact) mass is 216 g/mol. The molecule has 86 valence electrons. The van der Waals surface area contributed by atoms with Gasteiger partial charge in [-0.1, -0.05) is 43.7 Å². The molecule has 2 aliphatic rings. The second-order valence-corrected chi connectivity index (χ2v) is 5.30. The molecule has 1 saturated heterocycles. The molecule has 3 atom stereocenters. The Bertz CT molecular complexity index is 359. The van der Waals surface area contributed by atoms with E-state index < -0.39 is 0 Å². The number of rotatable bonds is 3. The van der Waals surface area contributed by atoms with Crippen LogP contribution in [0.4, 0.5) is 0 Å². The smallest absolute Gasteiger partial charge is 0.0763 e. The van der Waals surface area contributed by atoms with Gasteiger partial charge in [0.2, 0.25) is 0 Å². The van der Waals surface area contributed by atoms with Crippen molar-refractivity contribution in [3.05, 3.63) is 35.9 Å². The third-order valence-electron chi connectivity index (χ3n) is 4.13. The van der Waals surface area contributed by atoms with Gasteiger partial charge >= 0.3 is 0 Å². The fourth-order valence-electron chi connectivity index (χ4n) is 3.18. The average molecular weight is 216 g/mol. The third-order valence-corrected chi connectivity index (χ3v) is 4.13. The highest BCUT2D eigenvalue weighted by atomic mass is 16.5. The zero-order valence-corrected chi connectivity index (χ0v) is 9.99. The molecule has 1 nitrogen and oxygen atoms in total. The van der Waals surface area contributed by atoms with Crippen molar-refractivity contribution in [1.82, 2.24) is 0 Å². The van der Waals surface area contributed by atoms with Gasteiger partial charge in [-0.15, -0.1) is 0 Å². The molecule has 3 unspecified atom stereocenters. The van der Waals surface area contributed by atoms with E-state index in [0.717, 1.165) is 0 Å². The molecule has 1 aromatic rings. The molecule has 1 heterocycles. The molecular formula is C15H20O. The molecule has 0 radical (unpaired) electrons. The van der Waals surface area contributed by atoms with E-state index >= 15 is 0 Å². The van der Waals surface area contributed by atoms with Crippen molar-refractivity contribution in [2.24, 2.45) is 0 Å². The highest BCUT2D eigenvalue weighted by molar-refractivity contribution is 5.32. The summed E-state index contributed by atoms with van der Waals surface area (Å²) in [6.07, 6.45) is 6.82. The van der Waals surface area contributed by atoms with Crippen LogP contribution in [0.25, 0.3) is 0 Å². The molecule has 1 spiro atoms. The van der Waals surface area contributed by atoms with Crippen LogP contribution >= 0.6 is 0 Å². The highest BCUT2D eigenvalue weighted by Gasteiger charge is 2.59. The van der Waals surface area contributed by atoms with E-state index in [1.807, 2.05) is 0 Å². The van der Waals surface area contributed by atoms with Crippen molar-refractivity contribution in [1.29, 1.82) is 0 Å². The molecule has 1 aliphatic heterocycles. The molecule has 1 aliphatic carbocycles. The number of hydrogen-bond donors (Lipinski definition) is 0. The van der Waals surface area contributed by atoms with E-state index in [9.17, 15) is 0 Å². The molecule has 2 fully saturated rings. The molecule has 1 aromatic carbocycles. The summed E-state index contributed by atoms with van der Waals surface area (Å²) >= 11 is 0. The van der Waals surface area contributed by atoms with Gasteiger partial charge < -0.3 is 4.74 Å². The minimum Gasteiger partial charge on any atom is -0.371 e. The minimum atomic E-state index is 0.237. The van der Waals surface area contributed by atoms with Gasteiger partial charge in [0.05, 0.1) is 11.7 Å². The Morgan fingerprint density at radius 2 is 2.12 bits per heavy atom. The first-order valence-corrected chi connectivity index (χ1v) is 6.57. The fraction of sp³-hybridized carbons (Fsp3) is 0.600. The first-order valence-electron chi connectivity index (χ1n) is 6.57. The summed E-state index contributed by atoms with van der Waals surface area (Å²) in [4.78, 5) is 0. The summed E-state index contributed by atoms with van der Waals surface area (Å²) in [6.45, 7) is 2.25. The van der Waals surface area contributed by atoms with Gasteiger partial charge in [0.15, 0.2) is 0 Å². The lowest BCUT2D eigenvalue weighted by Crippen LogP contribution is -2.13. The molecular weight excluding hydrogens is 196 g/mol. The predicted octanol–water partition coefficient (Wildman–Crippen LogP) is 3.89. The van der Waals surface area contributed by atoms with Crippen LogP contribution in [0.3, 0.4) is 0 Å². The Kier molecular flexibility index (Phi) is 2.51. The van der Waals surface area contributed by atoms with Gasteiger partial charge in [-0.2, -0.15) is 0 Å². The molecule has 0 amide bonds. The maximum absolute atomic E-state index is 6.27. The van der Waals surface area contributed by atoms with Gasteiger partial charge in [-0.05, 0) is 31.2 Å². The summed E-state index contributed by atoms with van der Waals surface area (Å²) in [5.41, 5.74) is 1.71. The Balaban J connectivity index is 1.68. The maximum Gasteiger partial charge on any atom is 0.0763 e. The maximum atomic E-state index is 6.27. The van der Waals surface area contributed by atoms with Crippen LogP contribution in [0.1, 0.15) is 50.5 Å². The Morgan fingerprint density at radius 3 is 2.88 bits per heavy atom. The molecule has 0 N–H and O–H groups in total. The van der Waals surface area contributed by atoms with Crippen LogP contribution < -0.4 is 0 Å². The molecule has 0 bridgehead atoms. The second-order valence-electron chi connectivity index (χ2n) is 5.30. The second kappa shape index (κ2) is 3.89. The van der Waals surface area contributed by atoms with Gasteiger partial charge in [0, 0.05) is 5.92 Å². The van der Waals surface area contributed by atoms with Crippen molar-refractivity contribution in [3.63, 3.8) is 0 Å². The summed E-state index contributed by atoms with van der Waals surface area (Å²) in [5, 5.41) is 0. The summed E-state index contributed by atoms with van der Waals surface area (Å²) in [5.74, 6) is 0.676. The highest BCUT2D eigenvalue weighted by Crippen LogP contribution is 2.60. The molecule has 1 saturated carbocycles. The Labute approximate surface area is 97.8 Å². The first-order chi connectivity index (χ1) is 7.84. The summed E-state index contributed by atoms with van der Waals surface area (Å²) < 4.78 is 6.27. The van der Waals surface area contributed by atoms with Gasteiger partial charge in [0.1, 0.15) is 0 Å². The van der Waals surface area contributed by atoms with Crippen LogP contribution in [0.5, 0.6) is 0 Å². The van der Waals surface area contributed by atoms with E-state index in [1.165, 1.54) is 37.7 Å². The van der Waals surface area contributed by atoms with Crippen LogP contribution in [0, 0.1) is 0 Å². The molecule has 0 aromatic heterocycles. The van der Waals surface area contributed by atoms with Crippen molar-refractivity contribution in [2.45, 2.75) is 56.7 Å². The number of ether oxygens (including phenoxy) is 1. The summed E-state index contributed by atoms with van der Waals surface area (Å²) in [6, 6.07) is 10.9. The average Bonchev–Trinajstić information content (AvgIpc) is 2.87. The van der Waals surface area contributed by atoms with E-state index in [4.69, 9.17) is 4.74 Å². The quantitative estimate of drug-likeness (QED) is 0.744. The molecule has 16 heavy (non-hydrogen) atoms. The summed E-state index contributed by atoms with van der Waals surface area (Å²) in [7, 11) is 0. The zero-order chi connectivity index (χ0) is 11.0. The topological polar surface area (TPSA) is 9.23 Å². The lowest BCUT2D eigenvalue weighted by Gasteiger charge is -2.13. The third kappa shape index (κ3) is 1.67. The van der Waals surface area contributed by atoms with E-state index in [0.29, 0.717) is 12.0 Å². The predicted molar refractivity (Wildman–Crippen MR) is 65.5 cm³/mol. The van der Waals surface area contributed by atoms with Crippen molar-refractivity contribution < 1.29 is 4.74 Å². The Hall–Kier alpha value is -0.820. The van der Waals surface area contributed by atoms with Crippen LogP contribution in [0.15, 0.2) is 30.3 Å². The number of hydrogen-bond acceptors (Lipinski definition) is 1. The fourth-order valence-corrected chi connectivity index (χ4v) is 3.18. The van der Waals surface area contributed by atoms with Crippen molar-refractivity contribution >= 4 is 0 Å². The standard InChI is InChI=1S/C15H20O/c1-2-6-13-9-10-15(16-13)11-14(15)12-7-4-3-5-8-12/h3-5,7-8,13-14H,2,6,9-11H2,1H3. The van der Waals surface area contributed by atoms with Gasteiger partial charge in [0.25, 0.3) is 0 Å². The van der Waals surface area contributed by atoms with E-state index in [-0.39, 0.29) is 5.60 Å². The molecule has 3 rings (SSSR count). The minimum absolute atomic E-state index is 0.237. The zero-order valence-electron chi connectivity index (χ0n) is 9.99. The lowest BCUT2D eigenvalue weighted by atomic mass is 10.0. The van der Waals surface area contributed by atoms with Gasteiger partial charge in [-0.25, -0.2) is 0 Å². The SMILES string of the molecule is CCCC1CCC2(CC2c2ccccc2)O1. The number of benzene rings is 1.